The highest BCUT2D eigenvalue weighted by molar-refractivity contribution is 5.85. The summed E-state index contributed by atoms with van der Waals surface area (Å²) in [6, 6.07) is 23.9. The molecule has 1 aliphatic rings. The lowest BCUT2D eigenvalue weighted by Crippen LogP contribution is -2.45. The normalized spacial score (nSPS) is 19.4. The van der Waals surface area contributed by atoms with Crippen molar-refractivity contribution in [1.82, 2.24) is 15.6 Å². The Morgan fingerprint density at radius 1 is 1.03 bits per heavy atom. The molecule has 0 aliphatic carbocycles. The molecule has 1 fully saturated rings. The van der Waals surface area contributed by atoms with Gasteiger partial charge in [-0.1, -0.05) is 36.4 Å². The Hall–Kier alpha value is -2.95. The number of hydrogen-bond acceptors (Lipinski definition) is 4. The largest absolute Gasteiger partial charge is 0.464 e. The fourth-order valence-corrected chi connectivity index (χ4v) is 4.33. The highest BCUT2D eigenvalue weighted by atomic mass is 16.3. The molecule has 2 unspecified atom stereocenters. The SMILES string of the molecule is c1ccc(C2NCCCC2NCc2cc(-c3ccccn3)cc3ccoc23)cc1. The second-order valence-corrected chi connectivity index (χ2v) is 7.66. The van der Waals surface area contributed by atoms with Gasteiger partial charge in [0.1, 0.15) is 5.58 Å². The molecular formula is C25H25N3O. The van der Waals surface area contributed by atoms with Gasteiger partial charge in [0, 0.05) is 41.3 Å². The van der Waals surface area contributed by atoms with Gasteiger partial charge in [0.2, 0.25) is 0 Å². The fraction of sp³-hybridized carbons (Fsp3) is 0.240. The summed E-state index contributed by atoms with van der Waals surface area (Å²) < 4.78 is 5.82. The number of rotatable bonds is 5. The highest BCUT2D eigenvalue weighted by Gasteiger charge is 2.25. The van der Waals surface area contributed by atoms with E-state index in [1.54, 1.807) is 6.26 Å². The second-order valence-electron chi connectivity index (χ2n) is 7.66. The topological polar surface area (TPSA) is 50.1 Å². The summed E-state index contributed by atoms with van der Waals surface area (Å²) in [6.07, 6.45) is 5.95. The van der Waals surface area contributed by atoms with E-state index in [9.17, 15) is 0 Å². The lowest BCUT2D eigenvalue weighted by Gasteiger charge is -2.34. The van der Waals surface area contributed by atoms with Crippen molar-refractivity contribution >= 4 is 11.0 Å². The zero-order chi connectivity index (χ0) is 19.5. The van der Waals surface area contributed by atoms with Crippen molar-refractivity contribution in [3.05, 3.63) is 90.3 Å². The van der Waals surface area contributed by atoms with Crippen LogP contribution in [0.15, 0.2) is 83.6 Å². The van der Waals surface area contributed by atoms with Crippen molar-refractivity contribution in [3.63, 3.8) is 0 Å². The summed E-state index contributed by atoms with van der Waals surface area (Å²) in [5.74, 6) is 0. The number of pyridine rings is 1. The molecule has 0 amide bonds. The highest BCUT2D eigenvalue weighted by Crippen LogP contribution is 2.29. The van der Waals surface area contributed by atoms with E-state index >= 15 is 0 Å². The molecule has 3 heterocycles. The Balaban J connectivity index is 1.42. The van der Waals surface area contributed by atoms with E-state index in [4.69, 9.17) is 4.42 Å². The summed E-state index contributed by atoms with van der Waals surface area (Å²) in [6.45, 7) is 1.83. The van der Waals surface area contributed by atoms with Crippen LogP contribution in [-0.4, -0.2) is 17.6 Å². The number of piperidine rings is 1. The summed E-state index contributed by atoms with van der Waals surface area (Å²) in [7, 11) is 0. The molecule has 146 valence electrons. The molecular weight excluding hydrogens is 358 g/mol. The molecule has 5 rings (SSSR count). The minimum absolute atomic E-state index is 0.330. The number of hydrogen-bond donors (Lipinski definition) is 2. The first-order chi connectivity index (χ1) is 14.4. The summed E-state index contributed by atoms with van der Waals surface area (Å²) in [5.41, 5.74) is 5.58. The average molecular weight is 383 g/mol. The van der Waals surface area contributed by atoms with Crippen LogP contribution in [0.25, 0.3) is 22.2 Å². The molecule has 1 saturated heterocycles. The molecule has 1 aliphatic heterocycles. The predicted molar refractivity (Wildman–Crippen MR) is 116 cm³/mol. The molecule has 4 nitrogen and oxygen atoms in total. The molecule has 2 aromatic heterocycles. The van der Waals surface area contributed by atoms with Gasteiger partial charge in [0.15, 0.2) is 0 Å². The van der Waals surface area contributed by atoms with Gasteiger partial charge in [-0.3, -0.25) is 4.98 Å². The van der Waals surface area contributed by atoms with Crippen LogP contribution < -0.4 is 10.6 Å². The van der Waals surface area contributed by atoms with Crippen LogP contribution in [0.4, 0.5) is 0 Å². The van der Waals surface area contributed by atoms with Crippen LogP contribution >= 0.6 is 0 Å². The molecule has 29 heavy (non-hydrogen) atoms. The third-order valence-corrected chi connectivity index (χ3v) is 5.76. The zero-order valence-corrected chi connectivity index (χ0v) is 16.3. The van der Waals surface area contributed by atoms with Gasteiger partial charge in [0.25, 0.3) is 0 Å². The van der Waals surface area contributed by atoms with E-state index in [1.807, 2.05) is 24.4 Å². The van der Waals surface area contributed by atoms with E-state index in [0.717, 1.165) is 41.7 Å². The lowest BCUT2D eigenvalue weighted by atomic mass is 9.92. The zero-order valence-electron chi connectivity index (χ0n) is 16.3. The van der Waals surface area contributed by atoms with E-state index in [1.165, 1.54) is 17.5 Å². The Labute approximate surface area is 171 Å². The van der Waals surface area contributed by atoms with Gasteiger partial charge in [-0.25, -0.2) is 0 Å². The molecule has 0 bridgehead atoms. The molecule has 2 N–H and O–H groups in total. The van der Waals surface area contributed by atoms with Gasteiger partial charge < -0.3 is 15.1 Å². The molecule has 4 heteroatoms. The number of benzene rings is 2. The lowest BCUT2D eigenvalue weighted by molar-refractivity contribution is 0.304. The van der Waals surface area contributed by atoms with Gasteiger partial charge in [-0.15, -0.1) is 0 Å². The number of nitrogens with zero attached hydrogens (tertiary/aromatic N) is 1. The summed E-state index contributed by atoms with van der Waals surface area (Å²) in [5, 5.41) is 8.62. The third-order valence-electron chi connectivity index (χ3n) is 5.76. The van der Waals surface area contributed by atoms with Gasteiger partial charge in [-0.05, 0) is 55.3 Å². The first kappa shape index (κ1) is 18.1. The first-order valence-corrected chi connectivity index (χ1v) is 10.3. The van der Waals surface area contributed by atoms with Gasteiger partial charge >= 0.3 is 0 Å². The van der Waals surface area contributed by atoms with Crippen molar-refractivity contribution in [1.29, 1.82) is 0 Å². The van der Waals surface area contributed by atoms with E-state index < -0.39 is 0 Å². The van der Waals surface area contributed by atoms with E-state index in [0.29, 0.717) is 12.1 Å². The maximum atomic E-state index is 5.82. The van der Waals surface area contributed by atoms with Crippen LogP contribution in [0.2, 0.25) is 0 Å². The minimum Gasteiger partial charge on any atom is -0.464 e. The Morgan fingerprint density at radius 2 is 1.93 bits per heavy atom. The molecule has 0 radical (unpaired) electrons. The quantitative estimate of drug-likeness (QED) is 0.505. The summed E-state index contributed by atoms with van der Waals surface area (Å²) in [4.78, 5) is 4.52. The van der Waals surface area contributed by atoms with Crippen LogP contribution in [0.5, 0.6) is 0 Å². The second kappa shape index (κ2) is 8.19. The van der Waals surface area contributed by atoms with Crippen LogP contribution in [0.3, 0.4) is 0 Å². The molecule has 0 saturated carbocycles. The van der Waals surface area contributed by atoms with Gasteiger partial charge in [0.05, 0.1) is 12.0 Å². The van der Waals surface area contributed by atoms with Crippen LogP contribution in [-0.2, 0) is 6.54 Å². The number of fused-ring (bicyclic) bond motifs is 1. The van der Waals surface area contributed by atoms with Crippen LogP contribution in [0.1, 0.15) is 30.0 Å². The number of furan rings is 1. The Kier molecular flexibility index (Phi) is 5.11. The van der Waals surface area contributed by atoms with Crippen molar-refractivity contribution in [2.24, 2.45) is 0 Å². The van der Waals surface area contributed by atoms with E-state index in [-0.39, 0.29) is 0 Å². The molecule has 2 aromatic carbocycles. The molecule has 4 aromatic rings. The molecule has 2 atom stereocenters. The maximum Gasteiger partial charge on any atom is 0.138 e. The summed E-state index contributed by atoms with van der Waals surface area (Å²) >= 11 is 0. The Bertz CT molecular complexity index is 1080. The Morgan fingerprint density at radius 3 is 2.79 bits per heavy atom. The monoisotopic (exact) mass is 383 g/mol. The maximum absolute atomic E-state index is 5.82. The van der Waals surface area contributed by atoms with Crippen molar-refractivity contribution in [3.8, 4) is 11.3 Å². The average Bonchev–Trinajstić information content (AvgIpc) is 3.28. The predicted octanol–water partition coefficient (Wildman–Crippen LogP) is 5.08. The van der Waals surface area contributed by atoms with Crippen molar-refractivity contribution < 1.29 is 4.42 Å². The number of nitrogens with one attached hydrogen (secondary N) is 2. The first-order valence-electron chi connectivity index (χ1n) is 10.3. The standard InChI is InChI=1S/C25H25N3O/c1-2-7-18(8-3-1)24-23(10-6-13-27-24)28-17-21-16-20(22-9-4-5-12-26-22)15-19-11-14-29-25(19)21/h1-5,7-9,11-12,14-16,23-24,27-28H,6,10,13,17H2. The van der Waals surface area contributed by atoms with Crippen molar-refractivity contribution in [2.45, 2.75) is 31.5 Å². The van der Waals surface area contributed by atoms with Crippen LogP contribution in [0, 0.1) is 0 Å². The third kappa shape index (κ3) is 3.82. The number of aromatic nitrogens is 1. The fourth-order valence-electron chi connectivity index (χ4n) is 4.33. The van der Waals surface area contributed by atoms with Gasteiger partial charge in [-0.2, -0.15) is 0 Å². The van der Waals surface area contributed by atoms with Crippen molar-refractivity contribution in [2.75, 3.05) is 6.54 Å². The molecule has 0 spiro atoms. The van der Waals surface area contributed by atoms with E-state index in [2.05, 4.69) is 64.1 Å². The minimum atomic E-state index is 0.330. The smallest absolute Gasteiger partial charge is 0.138 e.